The highest BCUT2D eigenvalue weighted by atomic mass is 79.9. The van der Waals surface area contributed by atoms with Gasteiger partial charge in [0.05, 0.1) is 0 Å². The zero-order valence-electron chi connectivity index (χ0n) is 12.8. The molecule has 0 saturated heterocycles. The lowest BCUT2D eigenvalue weighted by Crippen LogP contribution is -2.49. The minimum absolute atomic E-state index is 0.281. The van der Waals surface area contributed by atoms with Crippen LogP contribution >= 0.6 is 15.9 Å². The molecule has 1 aliphatic rings. The number of hydrogen-bond acceptors (Lipinski definition) is 2. The van der Waals surface area contributed by atoms with Gasteiger partial charge in [0.2, 0.25) is 0 Å². The summed E-state index contributed by atoms with van der Waals surface area (Å²) in [5, 5.41) is 12.8. The fraction of sp³-hybridized carbons (Fsp3) is 0.316. The van der Waals surface area contributed by atoms with Gasteiger partial charge in [-0.05, 0) is 48.4 Å². The van der Waals surface area contributed by atoms with Gasteiger partial charge in [-0.15, -0.1) is 0 Å². The average Bonchev–Trinajstić information content (AvgIpc) is 2.50. The van der Waals surface area contributed by atoms with Crippen LogP contribution in [-0.4, -0.2) is 23.2 Å². The molecule has 0 aromatic heterocycles. The molecule has 3 rings (SSSR count). The van der Waals surface area contributed by atoms with Crippen LogP contribution in [0, 0.1) is 0 Å². The molecule has 1 fully saturated rings. The van der Waals surface area contributed by atoms with Crippen LogP contribution in [0.1, 0.15) is 29.9 Å². The van der Waals surface area contributed by atoms with Gasteiger partial charge in [-0.3, -0.25) is 4.79 Å². The second-order valence-corrected chi connectivity index (χ2v) is 7.08. The van der Waals surface area contributed by atoms with Gasteiger partial charge in [0.1, 0.15) is 6.04 Å². The number of nitrogens with one attached hydrogen (secondary N) is 1. The van der Waals surface area contributed by atoms with Crippen LogP contribution in [-0.2, 0) is 11.2 Å². The first-order valence-corrected chi connectivity index (χ1v) is 8.69. The summed E-state index contributed by atoms with van der Waals surface area (Å²) in [5.74, 6) is -0.254. The third-order valence-electron chi connectivity index (χ3n) is 4.48. The van der Waals surface area contributed by atoms with E-state index in [1.165, 1.54) is 5.56 Å². The minimum Gasteiger partial charge on any atom is -0.480 e. The lowest BCUT2D eigenvalue weighted by atomic mass is 9.75. The van der Waals surface area contributed by atoms with Crippen molar-refractivity contribution in [1.82, 2.24) is 5.32 Å². The largest absolute Gasteiger partial charge is 0.480 e. The van der Waals surface area contributed by atoms with E-state index in [0.717, 1.165) is 22.9 Å². The highest BCUT2D eigenvalue weighted by Crippen LogP contribution is 2.37. The summed E-state index contributed by atoms with van der Waals surface area (Å²) in [6.07, 6.45) is 2.51. The first-order chi connectivity index (χ1) is 11.1. The normalized spacial score (nSPS) is 21.4. The van der Waals surface area contributed by atoms with Gasteiger partial charge in [0.25, 0.3) is 0 Å². The molecule has 1 aliphatic carbocycles. The van der Waals surface area contributed by atoms with E-state index >= 15 is 0 Å². The van der Waals surface area contributed by atoms with Gasteiger partial charge in [-0.2, -0.15) is 0 Å². The molecule has 3 nitrogen and oxygen atoms in total. The Morgan fingerprint density at radius 3 is 2.57 bits per heavy atom. The van der Waals surface area contributed by atoms with Crippen LogP contribution < -0.4 is 5.32 Å². The number of carboxylic acid groups (broad SMARTS) is 1. The van der Waals surface area contributed by atoms with E-state index in [2.05, 4.69) is 39.4 Å². The number of carbonyl (C=O) groups is 1. The van der Waals surface area contributed by atoms with Gasteiger partial charge in [-0.1, -0.05) is 58.4 Å². The molecule has 0 heterocycles. The zero-order chi connectivity index (χ0) is 16.2. The van der Waals surface area contributed by atoms with E-state index in [-0.39, 0.29) is 6.04 Å². The van der Waals surface area contributed by atoms with E-state index < -0.39 is 12.0 Å². The Bertz CT molecular complexity index is 668. The van der Waals surface area contributed by atoms with Crippen molar-refractivity contribution in [1.29, 1.82) is 0 Å². The van der Waals surface area contributed by atoms with Crippen molar-refractivity contribution in [3.05, 3.63) is 70.2 Å². The van der Waals surface area contributed by atoms with Crippen molar-refractivity contribution in [3.8, 4) is 0 Å². The predicted octanol–water partition coefficient (Wildman–Crippen LogP) is 3.98. The van der Waals surface area contributed by atoms with Gasteiger partial charge in [-0.25, -0.2) is 0 Å². The van der Waals surface area contributed by atoms with Gasteiger partial charge in [0, 0.05) is 10.5 Å². The molecule has 23 heavy (non-hydrogen) atoms. The van der Waals surface area contributed by atoms with Gasteiger partial charge in [0.15, 0.2) is 0 Å². The molecule has 0 radical (unpaired) electrons. The van der Waals surface area contributed by atoms with Gasteiger partial charge >= 0.3 is 5.97 Å². The van der Waals surface area contributed by atoms with Crippen molar-refractivity contribution in [2.24, 2.45) is 0 Å². The van der Waals surface area contributed by atoms with E-state index in [9.17, 15) is 9.90 Å². The molecule has 0 unspecified atom stereocenters. The van der Waals surface area contributed by atoms with Crippen LogP contribution in [0.15, 0.2) is 59.1 Å². The Morgan fingerprint density at radius 2 is 1.91 bits per heavy atom. The molecular weight excluding hydrogens is 354 g/mol. The van der Waals surface area contributed by atoms with E-state index in [1.807, 2.05) is 36.4 Å². The van der Waals surface area contributed by atoms with Crippen molar-refractivity contribution >= 4 is 21.9 Å². The first kappa shape index (κ1) is 16.2. The number of aliphatic carboxylic acids is 1. The number of halogens is 1. The second-order valence-electron chi connectivity index (χ2n) is 6.17. The predicted molar refractivity (Wildman–Crippen MR) is 94.6 cm³/mol. The lowest BCUT2D eigenvalue weighted by molar-refractivity contribution is -0.139. The van der Waals surface area contributed by atoms with Crippen molar-refractivity contribution in [2.75, 3.05) is 0 Å². The molecule has 1 saturated carbocycles. The van der Waals surface area contributed by atoms with Crippen molar-refractivity contribution in [2.45, 2.75) is 37.3 Å². The van der Waals surface area contributed by atoms with Crippen LogP contribution in [0.5, 0.6) is 0 Å². The number of carboxylic acids is 1. The summed E-state index contributed by atoms with van der Waals surface area (Å²) >= 11 is 3.50. The fourth-order valence-electron chi connectivity index (χ4n) is 3.14. The Hall–Kier alpha value is -1.65. The van der Waals surface area contributed by atoms with Gasteiger partial charge < -0.3 is 10.4 Å². The maximum absolute atomic E-state index is 11.5. The third-order valence-corrected chi connectivity index (χ3v) is 4.97. The van der Waals surface area contributed by atoms with Crippen LogP contribution in [0.3, 0.4) is 0 Å². The summed E-state index contributed by atoms with van der Waals surface area (Å²) in [5.41, 5.74) is 2.38. The molecule has 0 aliphatic heterocycles. The molecule has 0 amide bonds. The molecule has 4 heteroatoms. The monoisotopic (exact) mass is 373 g/mol. The topological polar surface area (TPSA) is 49.3 Å². The van der Waals surface area contributed by atoms with E-state index in [1.54, 1.807) is 0 Å². The summed E-state index contributed by atoms with van der Waals surface area (Å²) in [4.78, 5) is 11.5. The molecule has 2 aromatic carbocycles. The summed E-state index contributed by atoms with van der Waals surface area (Å²) < 4.78 is 1.10. The minimum atomic E-state index is -0.778. The average molecular weight is 374 g/mol. The Labute approximate surface area is 144 Å². The zero-order valence-corrected chi connectivity index (χ0v) is 14.4. The van der Waals surface area contributed by atoms with Crippen molar-refractivity contribution < 1.29 is 9.90 Å². The Morgan fingerprint density at radius 1 is 1.17 bits per heavy atom. The molecule has 2 aromatic rings. The lowest BCUT2D eigenvalue weighted by Gasteiger charge is -2.38. The molecule has 0 spiro atoms. The van der Waals surface area contributed by atoms with E-state index in [4.69, 9.17) is 0 Å². The molecule has 1 atom stereocenters. The smallest absolute Gasteiger partial charge is 0.321 e. The standard InChI is InChI=1S/C19H20BrNO2/c20-16-8-4-7-14(10-16)15-11-17(12-15)21-18(19(22)23)9-13-5-2-1-3-6-13/h1-8,10,15,17-18,21H,9,11-12H2,(H,22,23)/t15?,17?,18-/m1/s1. The molecule has 0 bridgehead atoms. The third kappa shape index (κ3) is 4.21. The quantitative estimate of drug-likeness (QED) is 0.804. The van der Waals surface area contributed by atoms with Crippen LogP contribution in [0.25, 0.3) is 0 Å². The second kappa shape index (κ2) is 7.28. The summed E-state index contributed by atoms with van der Waals surface area (Å²) in [7, 11) is 0. The molecular formula is C19H20BrNO2. The Balaban J connectivity index is 1.55. The van der Waals surface area contributed by atoms with E-state index in [0.29, 0.717) is 12.3 Å². The highest BCUT2D eigenvalue weighted by molar-refractivity contribution is 9.10. The highest BCUT2D eigenvalue weighted by Gasteiger charge is 2.33. The SMILES string of the molecule is O=C(O)[C@@H](Cc1ccccc1)NC1CC(c2cccc(Br)c2)C1. The number of rotatable bonds is 6. The summed E-state index contributed by atoms with van der Waals surface area (Å²) in [6, 6.07) is 17.9. The Kier molecular flexibility index (Phi) is 5.13. The van der Waals surface area contributed by atoms with Crippen molar-refractivity contribution in [3.63, 3.8) is 0 Å². The summed E-state index contributed by atoms with van der Waals surface area (Å²) in [6.45, 7) is 0. The van der Waals surface area contributed by atoms with Crippen LogP contribution in [0.4, 0.5) is 0 Å². The maximum atomic E-state index is 11.5. The number of hydrogen-bond donors (Lipinski definition) is 2. The number of benzene rings is 2. The first-order valence-electron chi connectivity index (χ1n) is 7.90. The fourth-order valence-corrected chi connectivity index (χ4v) is 3.56. The molecule has 120 valence electrons. The van der Waals surface area contributed by atoms with Crippen LogP contribution in [0.2, 0.25) is 0 Å². The molecule has 2 N–H and O–H groups in total. The maximum Gasteiger partial charge on any atom is 0.321 e.